The molecule has 0 radical (unpaired) electrons. The molecule has 0 aromatic heterocycles. The molecule has 0 spiro atoms. The van der Waals surface area contributed by atoms with E-state index in [1.807, 2.05) is 42.5 Å². The molecule has 0 saturated heterocycles. The van der Waals surface area contributed by atoms with Gasteiger partial charge in [0, 0.05) is 17.9 Å². The van der Waals surface area contributed by atoms with E-state index in [4.69, 9.17) is 0 Å². The minimum Gasteiger partial charge on any atom is -0.306 e. The number of fused-ring (bicyclic) bond motifs is 1. The SMILES string of the molecule is O=C(c1ccccc1)N1CCS(=O)c2ccccc21. The molecule has 3 rings (SSSR count). The highest BCUT2D eigenvalue weighted by Crippen LogP contribution is 2.29. The van der Waals surface area contributed by atoms with E-state index in [1.165, 1.54) is 0 Å². The monoisotopic (exact) mass is 271 g/mol. The second kappa shape index (κ2) is 4.97. The Bertz CT molecular complexity index is 640. The molecule has 3 nitrogen and oxygen atoms in total. The summed E-state index contributed by atoms with van der Waals surface area (Å²) in [6, 6.07) is 16.6. The number of rotatable bonds is 1. The first-order chi connectivity index (χ1) is 9.27. The fraction of sp³-hybridized carbons (Fsp3) is 0.133. The summed E-state index contributed by atoms with van der Waals surface area (Å²) in [5.74, 6) is 0.458. The van der Waals surface area contributed by atoms with Crippen molar-refractivity contribution < 1.29 is 9.00 Å². The van der Waals surface area contributed by atoms with Gasteiger partial charge in [-0.2, -0.15) is 0 Å². The lowest BCUT2D eigenvalue weighted by Crippen LogP contribution is -2.38. The van der Waals surface area contributed by atoms with E-state index < -0.39 is 10.8 Å². The van der Waals surface area contributed by atoms with Crippen LogP contribution in [0.15, 0.2) is 59.5 Å². The van der Waals surface area contributed by atoms with E-state index in [9.17, 15) is 9.00 Å². The Morgan fingerprint density at radius 3 is 2.47 bits per heavy atom. The summed E-state index contributed by atoms with van der Waals surface area (Å²) in [4.78, 5) is 15.0. The minimum absolute atomic E-state index is 0.0373. The lowest BCUT2D eigenvalue weighted by Gasteiger charge is -2.28. The number of hydrogen-bond donors (Lipinski definition) is 0. The standard InChI is InChI=1S/C15H13NO2S/c17-15(12-6-2-1-3-7-12)16-10-11-19(18)14-9-5-4-8-13(14)16/h1-9H,10-11H2. The third-order valence-corrected chi connectivity index (χ3v) is 4.56. The number of carbonyl (C=O) groups is 1. The Balaban J connectivity index is 2.02. The van der Waals surface area contributed by atoms with Gasteiger partial charge >= 0.3 is 0 Å². The fourth-order valence-corrected chi connectivity index (χ4v) is 3.43. The summed E-state index contributed by atoms with van der Waals surface area (Å²) in [7, 11) is -1.00. The summed E-state index contributed by atoms with van der Waals surface area (Å²) in [5, 5.41) is 0. The molecule has 1 amide bonds. The minimum atomic E-state index is -1.00. The number of amides is 1. The average molecular weight is 271 g/mol. The highest BCUT2D eigenvalue weighted by atomic mass is 32.2. The molecule has 0 fully saturated rings. The van der Waals surface area contributed by atoms with Crippen LogP contribution in [0, 0.1) is 0 Å². The van der Waals surface area contributed by atoms with Gasteiger partial charge in [-0.3, -0.25) is 9.00 Å². The zero-order valence-corrected chi connectivity index (χ0v) is 11.1. The molecule has 0 saturated carbocycles. The number of nitrogens with zero attached hydrogens (tertiary/aromatic N) is 1. The van der Waals surface area contributed by atoms with Crippen molar-refractivity contribution in [3.8, 4) is 0 Å². The predicted molar refractivity (Wildman–Crippen MR) is 75.8 cm³/mol. The van der Waals surface area contributed by atoms with Crippen LogP contribution in [-0.2, 0) is 10.8 Å². The zero-order valence-electron chi connectivity index (χ0n) is 10.3. The highest BCUT2D eigenvalue weighted by molar-refractivity contribution is 7.85. The largest absolute Gasteiger partial charge is 0.306 e. The van der Waals surface area contributed by atoms with E-state index in [0.717, 1.165) is 10.6 Å². The van der Waals surface area contributed by atoms with E-state index in [1.54, 1.807) is 17.0 Å². The third kappa shape index (κ3) is 2.19. The number of anilines is 1. The van der Waals surface area contributed by atoms with Crippen LogP contribution in [0.2, 0.25) is 0 Å². The van der Waals surface area contributed by atoms with Gasteiger partial charge in [-0.15, -0.1) is 0 Å². The quantitative estimate of drug-likeness (QED) is 0.799. The van der Waals surface area contributed by atoms with Crippen LogP contribution in [0.1, 0.15) is 10.4 Å². The van der Waals surface area contributed by atoms with Crippen molar-refractivity contribution in [3.63, 3.8) is 0 Å². The van der Waals surface area contributed by atoms with Gasteiger partial charge in [0.05, 0.1) is 21.4 Å². The normalized spacial score (nSPS) is 17.9. The van der Waals surface area contributed by atoms with Crippen molar-refractivity contribution in [2.75, 3.05) is 17.2 Å². The smallest absolute Gasteiger partial charge is 0.258 e. The van der Waals surface area contributed by atoms with Crippen molar-refractivity contribution >= 4 is 22.4 Å². The summed E-state index contributed by atoms with van der Waals surface area (Å²) >= 11 is 0. The molecule has 0 aliphatic carbocycles. The maximum Gasteiger partial charge on any atom is 0.258 e. The number of benzene rings is 2. The number of carbonyl (C=O) groups excluding carboxylic acids is 1. The van der Waals surface area contributed by atoms with Crippen LogP contribution in [0.25, 0.3) is 0 Å². The Morgan fingerprint density at radius 1 is 1.00 bits per heavy atom. The molecule has 0 bridgehead atoms. The van der Waals surface area contributed by atoms with Gasteiger partial charge in [0.15, 0.2) is 0 Å². The second-order valence-corrected chi connectivity index (χ2v) is 5.88. The zero-order chi connectivity index (χ0) is 13.2. The molecule has 4 heteroatoms. The molecule has 1 aliphatic heterocycles. The molecule has 19 heavy (non-hydrogen) atoms. The van der Waals surface area contributed by atoms with Gasteiger partial charge in [-0.05, 0) is 24.3 Å². The van der Waals surface area contributed by atoms with Crippen molar-refractivity contribution in [2.24, 2.45) is 0 Å². The van der Waals surface area contributed by atoms with Gasteiger partial charge < -0.3 is 4.90 Å². The summed E-state index contributed by atoms with van der Waals surface area (Å²) in [6.07, 6.45) is 0. The van der Waals surface area contributed by atoms with Crippen LogP contribution in [-0.4, -0.2) is 22.4 Å². The summed E-state index contributed by atoms with van der Waals surface area (Å²) in [5.41, 5.74) is 1.42. The molecule has 1 atom stereocenters. The predicted octanol–water partition coefficient (Wildman–Crippen LogP) is 2.45. The van der Waals surface area contributed by atoms with Crippen molar-refractivity contribution in [3.05, 3.63) is 60.2 Å². The summed E-state index contributed by atoms with van der Waals surface area (Å²) < 4.78 is 12.0. The van der Waals surface area contributed by atoms with Crippen molar-refractivity contribution in [1.82, 2.24) is 0 Å². The van der Waals surface area contributed by atoms with Crippen LogP contribution in [0.5, 0.6) is 0 Å². The Morgan fingerprint density at radius 2 is 1.68 bits per heavy atom. The van der Waals surface area contributed by atoms with Crippen molar-refractivity contribution in [1.29, 1.82) is 0 Å². The first-order valence-corrected chi connectivity index (χ1v) is 7.43. The maximum absolute atomic E-state index is 12.5. The van der Waals surface area contributed by atoms with Gasteiger partial charge in [-0.1, -0.05) is 30.3 Å². The van der Waals surface area contributed by atoms with Gasteiger partial charge in [0.25, 0.3) is 5.91 Å². The third-order valence-electron chi connectivity index (χ3n) is 3.17. The molecule has 1 unspecified atom stereocenters. The van der Waals surface area contributed by atoms with E-state index >= 15 is 0 Å². The molecule has 0 N–H and O–H groups in total. The highest BCUT2D eigenvalue weighted by Gasteiger charge is 2.26. The summed E-state index contributed by atoms with van der Waals surface area (Å²) in [6.45, 7) is 0.497. The molecule has 2 aromatic rings. The van der Waals surface area contributed by atoms with E-state index in [0.29, 0.717) is 17.9 Å². The van der Waals surface area contributed by atoms with Crippen LogP contribution < -0.4 is 4.90 Å². The molecular formula is C15H13NO2S. The van der Waals surface area contributed by atoms with Crippen molar-refractivity contribution in [2.45, 2.75) is 4.90 Å². The van der Waals surface area contributed by atoms with Crippen LogP contribution >= 0.6 is 0 Å². The van der Waals surface area contributed by atoms with E-state index in [2.05, 4.69) is 0 Å². The Labute approximate surface area is 114 Å². The average Bonchev–Trinajstić information content (AvgIpc) is 2.48. The molecule has 2 aromatic carbocycles. The molecule has 96 valence electrons. The van der Waals surface area contributed by atoms with Crippen LogP contribution in [0.3, 0.4) is 0 Å². The van der Waals surface area contributed by atoms with Gasteiger partial charge in [-0.25, -0.2) is 0 Å². The first kappa shape index (κ1) is 12.1. The Hall–Kier alpha value is -1.94. The van der Waals surface area contributed by atoms with E-state index in [-0.39, 0.29) is 5.91 Å². The van der Waals surface area contributed by atoms with Crippen LogP contribution in [0.4, 0.5) is 5.69 Å². The maximum atomic E-state index is 12.5. The Kier molecular flexibility index (Phi) is 3.17. The topological polar surface area (TPSA) is 37.4 Å². The second-order valence-electron chi connectivity index (χ2n) is 4.34. The first-order valence-electron chi connectivity index (χ1n) is 6.12. The number of para-hydroxylation sites is 1. The number of hydrogen-bond acceptors (Lipinski definition) is 2. The molecular weight excluding hydrogens is 258 g/mol. The molecule has 1 heterocycles. The lowest BCUT2D eigenvalue weighted by atomic mass is 10.2. The fourth-order valence-electron chi connectivity index (χ4n) is 2.22. The van der Waals surface area contributed by atoms with Gasteiger partial charge in [0.2, 0.25) is 0 Å². The molecule has 1 aliphatic rings. The van der Waals surface area contributed by atoms with Gasteiger partial charge in [0.1, 0.15) is 0 Å². The lowest BCUT2D eigenvalue weighted by molar-refractivity contribution is 0.0987.